The first kappa shape index (κ1) is 15.5. The van der Waals surface area contributed by atoms with Gasteiger partial charge in [0.05, 0.1) is 6.54 Å². The fraction of sp³-hybridized carbons (Fsp3) is 0.500. The fourth-order valence-corrected chi connectivity index (χ4v) is 2.10. The minimum absolute atomic E-state index is 0.0340. The van der Waals surface area contributed by atoms with Gasteiger partial charge in [-0.15, -0.1) is 0 Å². The van der Waals surface area contributed by atoms with Crippen LogP contribution in [0.15, 0.2) is 24.3 Å². The summed E-state index contributed by atoms with van der Waals surface area (Å²) in [4.78, 5) is 22.8. The summed E-state index contributed by atoms with van der Waals surface area (Å²) in [6.07, 6.45) is 2.47. The third kappa shape index (κ3) is 5.55. The van der Waals surface area contributed by atoms with Crippen LogP contribution in [0, 0.1) is 5.92 Å². The van der Waals surface area contributed by atoms with E-state index < -0.39 is 0 Å². The molecule has 21 heavy (non-hydrogen) atoms. The molecule has 1 aromatic carbocycles. The Morgan fingerprint density at radius 2 is 2.10 bits per heavy atom. The summed E-state index contributed by atoms with van der Waals surface area (Å²) in [5.74, 6) is 0.639. The molecule has 2 rings (SSSR count). The Morgan fingerprint density at radius 1 is 1.33 bits per heavy atom. The molecule has 114 valence electrons. The quantitative estimate of drug-likeness (QED) is 0.717. The van der Waals surface area contributed by atoms with Crippen molar-refractivity contribution in [1.29, 1.82) is 0 Å². The minimum atomic E-state index is -0.0905. The van der Waals surface area contributed by atoms with Crippen LogP contribution >= 0.6 is 0 Å². The van der Waals surface area contributed by atoms with E-state index in [0.29, 0.717) is 12.5 Å². The Balaban J connectivity index is 1.79. The van der Waals surface area contributed by atoms with Gasteiger partial charge in [-0.05, 0) is 43.4 Å². The number of hydrogen-bond donors (Lipinski definition) is 3. The Kier molecular flexibility index (Phi) is 5.33. The normalized spacial score (nSPS) is 15.3. The standard InChI is InChI=1S/C16H23N3O2/c1-11(17-10-16(21)18-9-13-6-7-13)14-4-3-5-15(8-14)19-12(2)20/h3-5,8,11,13,17H,6-7,9-10H2,1-2H3,(H,18,21)(H,19,20). The minimum Gasteiger partial charge on any atom is -0.355 e. The van der Waals surface area contributed by atoms with Crippen molar-refractivity contribution >= 4 is 17.5 Å². The van der Waals surface area contributed by atoms with Crippen LogP contribution in [0.2, 0.25) is 0 Å². The van der Waals surface area contributed by atoms with Crippen molar-refractivity contribution in [2.24, 2.45) is 5.92 Å². The average molecular weight is 289 g/mol. The predicted molar refractivity (Wildman–Crippen MR) is 82.9 cm³/mol. The van der Waals surface area contributed by atoms with Crippen LogP contribution < -0.4 is 16.0 Å². The van der Waals surface area contributed by atoms with E-state index in [0.717, 1.165) is 17.8 Å². The molecule has 0 radical (unpaired) electrons. The molecule has 0 spiro atoms. The highest BCUT2D eigenvalue weighted by molar-refractivity contribution is 5.88. The first-order valence-corrected chi connectivity index (χ1v) is 7.42. The van der Waals surface area contributed by atoms with E-state index in [9.17, 15) is 9.59 Å². The molecular formula is C16H23N3O2. The molecule has 0 aromatic heterocycles. The van der Waals surface area contributed by atoms with Crippen molar-refractivity contribution in [3.05, 3.63) is 29.8 Å². The van der Waals surface area contributed by atoms with E-state index >= 15 is 0 Å². The van der Waals surface area contributed by atoms with Gasteiger partial charge in [0, 0.05) is 25.2 Å². The van der Waals surface area contributed by atoms with Gasteiger partial charge in [-0.3, -0.25) is 9.59 Å². The summed E-state index contributed by atoms with van der Waals surface area (Å²) in [6.45, 7) is 4.59. The maximum absolute atomic E-state index is 11.7. The summed E-state index contributed by atoms with van der Waals surface area (Å²) >= 11 is 0. The van der Waals surface area contributed by atoms with Crippen molar-refractivity contribution in [3.63, 3.8) is 0 Å². The third-order valence-electron chi connectivity index (χ3n) is 3.56. The smallest absolute Gasteiger partial charge is 0.233 e. The second-order valence-corrected chi connectivity index (χ2v) is 5.66. The SMILES string of the molecule is CC(=O)Nc1cccc(C(C)NCC(=O)NCC2CC2)c1. The Morgan fingerprint density at radius 3 is 2.76 bits per heavy atom. The van der Waals surface area contributed by atoms with Gasteiger partial charge in [-0.1, -0.05) is 12.1 Å². The number of carbonyl (C=O) groups is 2. The lowest BCUT2D eigenvalue weighted by molar-refractivity contribution is -0.120. The Bertz CT molecular complexity index is 512. The molecule has 1 aliphatic carbocycles. The number of amides is 2. The summed E-state index contributed by atoms with van der Waals surface area (Å²) in [5, 5.41) is 8.89. The summed E-state index contributed by atoms with van der Waals surface area (Å²) in [7, 11) is 0. The fourth-order valence-electron chi connectivity index (χ4n) is 2.10. The topological polar surface area (TPSA) is 70.2 Å². The highest BCUT2D eigenvalue weighted by Crippen LogP contribution is 2.27. The lowest BCUT2D eigenvalue weighted by Crippen LogP contribution is -2.36. The molecule has 0 saturated heterocycles. The van der Waals surface area contributed by atoms with Gasteiger partial charge in [-0.2, -0.15) is 0 Å². The van der Waals surface area contributed by atoms with E-state index in [4.69, 9.17) is 0 Å². The van der Waals surface area contributed by atoms with Crippen LogP contribution in [-0.4, -0.2) is 24.9 Å². The molecule has 1 atom stereocenters. The van der Waals surface area contributed by atoms with E-state index in [1.807, 2.05) is 31.2 Å². The lowest BCUT2D eigenvalue weighted by Gasteiger charge is -2.15. The van der Waals surface area contributed by atoms with E-state index in [1.54, 1.807) is 0 Å². The highest BCUT2D eigenvalue weighted by Gasteiger charge is 2.21. The molecule has 1 fully saturated rings. The van der Waals surface area contributed by atoms with Crippen LogP contribution in [0.5, 0.6) is 0 Å². The number of carbonyl (C=O) groups excluding carboxylic acids is 2. The van der Waals surface area contributed by atoms with Gasteiger partial charge in [0.1, 0.15) is 0 Å². The molecule has 5 nitrogen and oxygen atoms in total. The number of hydrogen-bond acceptors (Lipinski definition) is 3. The van der Waals surface area contributed by atoms with Gasteiger partial charge >= 0.3 is 0 Å². The van der Waals surface area contributed by atoms with E-state index in [-0.39, 0.29) is 17.9 Å². The van der Waals surface area contributed by atoms with E-state index in [1.165, 1.54) is 19.8 Å². The number of rotatable bonds is 7. The van der Waals surface area contributed by atoms with Crippen molar-refractivity contribution in [2.75, 3.05) is 18.4 Å². The third-order valence-corrected chi connectivity index (χ3v) is 3.56. The van der Waals surface area contributed by atoms with E-state index in [2.05, 4.69) is 16.0 Å². The molecule has 2 amide bonds. The molecule has 1 aromatic rings. The first-order chi connectivity index (χ1) is 10.0. The molecular weight excluding hydrogens is 266 g/mol. The molecule has 0 heterocycles. The Labute approximate surface area is 125 Å². The highest BCUT2D eigenvalue weighted by atomic mass is 16.2. The first-order valence-electron chi connectivity index (χ1n) is 7.42. The van der Waals surface area contributed by atoms with Gasteiger partial charge in [0.15, 0.2) is 0 Å². The number of nitrogens with one attached hydrogen (secondary N) is 3. The van der Waals surface area contributed by atoms with Crippen LogP contribution in [0.3, 0.4) is 0 Å². The maximum Gasteiger partial charge on any atom is 0.233 e. The van der Waals surface area contributed by atoms with Crippen LogP contribution in [-0.2, 0) is 9.59 Å². The molecule has 0 aliphatic heterocycles. The van der Waals surface area contributed by atoms with Gasteiger partial charge < -0.3 is 16.0 Å². The predicted octanol–water partition coefficient (Wildman–Crippen LogP) is 1.82. The lowest BCUT2D eigenvalue weighted by atomic mass is 10.1. The molecule has 1 unspecified atom stereocenters. The van der Waals surface area contributed by atoms with Gasteiger partial charge in [-0.25, -0.2) is 0 Å². The summed E-state index contributed by atoms with van der Waals surface area (Å²) in [5.41, 5.74) is 1.81. The summed E-state index contributed by atoms with van der Waals surface area (Å²) in [6, 6.07) is 7.68. The average Bonchev–Trinajstić information content (AvgIpc) is 3.26. The molecule has 3 N–H and O–H groups in total. The van der Waals surface area contributed by atoms with Crippen molar-refractivity contribution in [3.8, 4) is 0 Å². The zero-order chi connectivity index (χ0) is 15.2. The Hall–Kier alpha value is -1.88. The van der Waals surface area contributed by atoms with Crippen LogP contribution in [0.1, 0.15) is 38.3 Å². The maximum atomic E-state index is 11.7. The van der Waals surface area contributed by atoms with Gasteiger partial charge in [0.2, 0.25) is 11.8 Å². The molecule has 1 saturated carbocycles. The summed E-state index contributed by atoms with van der Waals surface area (Å²) < 4.78 is 0. The van der Waals surface area contributed by atoms with Gasteiger partial charge in [0.25, 0.3) is 0 Å². The molecule has 5 heteroatoms. The molecule has 1 aliphatic rings. The second kappa shape index (κ2) is 7.22. The van der Waals surface area contributed by atoms with Crippen molar-refractivity contribution in [1.82, 2.24) is 10.6 Å². The number of anilines is 1. The van der Waals surface area contributed by atoms with Crippen molar-refractivity contribution < 1.29 is 9.59 Å². The zero-order valence-corrected chi connectivity index (χ0v) is 12.6. The van der Waals surface area contributed by atoms with Crippen LogP contribution in [0.4, 0.5) is 5.69 Å². The second-order valence-electron chi connectivity index (χ2n) is 5.66. The zero-order valence-electron chi connectivity index (χ0n) is 12.6. The monoisotopic (exact) mass is 289 g/mol. The molecule has 0 bridgehead atoms. The van der Waals surface area contributed by atoms with Crippen molar-refractivity contribution in [2.45, 2.75) is 32.7 Å². The van der Waals surface area contributed by atoms with Crippen LogP contribution in [0.25, 0.3) is 0 Å². The largest absolute Gasteiger partial charge is 0.355 e. The number of benzene rings is 1.